The highest BCUT2D eigenvalue weighted by Gasteiger charge is 2.31. The number of nitrogens with zero attached hydrogens (tertiary/aromatic N) is 2. The SMILES string of the molecule is COC(=O)c1cc(N(CC2CCCCN2)C2CC2)ccn1. The summed E-state index contributed by atoms with van der Waals surface area (Å²) in [6, 6.07) is 5.01. The van der Waals surface area contributed by atoms with Gasteiger partial charge in [0.2, 0.25) is 0 Å². The van der Waals surface area contributed by atoms with Gasteiger partial charge in [-0.05, 0) is 44.4 Å². The lowest BCUT2D eigenvalue weighted by Crippen LogP contribution is -2.44. The molecule has 3 rings (SSSR count). The molecule has 2 fully saturated rings. The summed E-state index contributed by atoms with van der Waals surface area (Å²) in [7, 11) is 1.39. The molecule has 2 heterocycles. The van der Waals surface area contributed by atoms with Crippen LogP contribution < -0.4 is 10.2 Å². The van der Waals surface area contributed by atoms with Crippen LogP contribution in [0.2, 0.25) is 0 Å². The second-order valence-corrected chi connectivity index (χ2v) is 5.92. The van der Waals surface area contributed by atoms with E-state index in [0.29, 0.717) is 17.8 Å². The van der Waals surface area contributed by atoms with E-state index in [0.717, 1.165) is 18.8 Å². The number of nitrogens with one attached hydrogen (secondary N) is 1. The number of rotatable bonds is 5. The van der Waals surface area contributed by atoms with Gasteiger partial charge in [0.15, 0.2) is 0 Å². The molecule has 21 heavy (non-hydrogen) atoms. The van der Waals surface area contributed by atoms with Gasteiger partial charge in [0, 0.05) is 30.5 Å². The van der Waals surface area contributed by atoms with E-state index in [9.17, 15) is 4.79 Å². The number of esters is 1. The van der Waals surface area contributed by atoms with Crippen molar-refractivity contribution >= 4 is 11.7 Å². The van der Waals surface area contributed by atoms with Crippen molar-refractivity contribution in [3.8, 4) is 0 Å². The third kappa shape index (κ3) is 3.53. The van der Waals surface area contributed by atoms with Gasteiger partial charge in [0.25, 0.3) is 0 Å². The van der Waals surface area contributed by atoms with Gasteiger partial charge >= 0.3 is 5.97 Å². The van der Waals surface area contributed by atoms with Crippen LogP contribution in [0, 0.1) is 0 Å². The largest absolute Gasteiger partial charge is 0.464 e. The van der Waals surface area contributed by atoms with Crippen molar-refractivity contribution in [2.45, 2.75) is 44.2 Å². The molecule has 1 aliphatic carbocycles. The molecule has 1 aromatic heterocycles. The molecule has 1 saturated heterocycles. The molecule has 1 aromatic rings. The number of piperidine rings is 1. The molecule has 0 spiro atoms. The Labute approximate surface area is 125 Å². The van der Waals surface area contributed by atoms with Crippen LogP contribution in [0.3, 0.4) is 0 Å². The molecule has 1 unspecified atom stereocenters. The quantitative estimate of drug-likeness (QED) is 0.840. The minimum Gasteiger partial charge on any atom is -0.464 e. The van der Waals surface area contributed by atoms with Crippen LogP contribution in [-0.2, 0) is 4.74 Å². The third-order valence-corrected chi connectivity index (χ3v) is 4.29. The lowest BCUT2D eigenvalue weighted by molar-refractivity contribution is 0.0594. The molecule has 1 N–H and O–H groups in total. The second-order valence-electron chi connectivity index (χ2n) is 5.92. The summed E-state index contributed by atoms with van der Waals surface area (Å²) in [6.07, 6.45) is 8.00. The Morgan fingerprint density at radius 1 is 1.43 bits per heavy atom. The fraction of sp³-hybridized carbons (Fsp3) is 0.625. The fourth-order valence-corrected chi connectivity index (χ4v) is 2.98. The Morgan fingerprint density at radius 2 is 2.29 bits per heavy atom. The van der Waals surface area contributed by atoms with Crippen LogP contribution >= 0.6 is 0 Å². The summed E-state index contributed by atoms with van der Waals surface area (Å²) in [6.45, 7) is 2.13. The molecular weight excluding hydrogens is 266 g/mol. The summed E-state index contributed by atoms with van der Waals surface area (Å²) < 4.78 is 4.76. The van der Waals surface area contributed by atoms with Crippen LogP contribution in [0.25, 0.3) is 0 Å². The van der Waals surface area contributed by atoms with E-state index in [1.807, 2.05) is 12.1 Å². The summed E-state index contributed by atoms with van der Waals surface area (Å²) in [5, 5.41) is 3.60. The number of methoxy groups -OCH3 is 1. The van der Waals surface area contributed by atoms with Crippen molar-refractivity contribution in [1.29, 1.82) is 0 Å². The molecule has 114 valence electrons. The van der Waals surface area contributed by atoms with Crippen LogP contribution in [-0.4, -0.2) is 43.2 Å². The Kier molecular flexibility index (Phi) is 4.39. The summed E-state index contributed by atoms with van der Waals surface area (Å²) in [5.41, 5.74) is 1.47. The molecule has 1 saturated carbocycles. The smallest absolute Gasteiger partial charge is 0.356 e. The Bertz CT molecular complexity index is 496. The predicted octanol–water partition coefficient (Wildman–Crippen LogP) is 1.98. The third-order valence-electron chi connectivity index (χ3n) is 4.29. The van der Waals surface area contributed by atoms with Crippen molar-refractivity contribution in [2.75, 3.05) is 25.1 Å². The van der Waals surface area contributed by atoms with Gasteiger partial charge in [-0.2, -0.15) is 0 Å². The van der Waals surface area contributed by atoms with Gasteiger partial charge in [0.1, 0.15) is 5.69 Å². The zero-order valence-electron chi connectivity index (χ0n) is 12.5. The zero-order chi connectivity index (χ0) is 14.7. The van der Waals surface area contributed by atoms with Crippen molar-refractivity contribution in [2.24, 2.45) is 0 Å². The van der Waals surface area contributed by atoms with E-state index < -0.39 is 0 Å². The van der Waals surface area contributed by atoms with Gasteiger partial charge in [-0.3, -0.25) is 0 Å². The van der Waals surface area contributed by atoms with Crippen LogP contribution in [0.15, 0.2) is 18.3 Å². The molecular formula is C16H23N3O2. The number of aromatic nitrogens is 1. The van der Waals surface area contributed by atoms with Gasteiger partial charge in [-0.1, -0.05) is 6.42 Å². The number of hydrogen-bond acceptors (Lipinski definition) is 5. The Hall–Kier alpha value is -1.62. The normalized spacial score (nSPS) is 21.9. The standard InChI is InChI=1S/C16H23N3O2/c1-21-16(20)15-10-14(7-9-18-15)19(13-5-6-13)11-12-4-2-3-8-17-12/h7,9-10,12-13,17H,2-6,8,11H2,1H3. The molecule has 5 heteroatoms. The van der Waals surface area contributed by atoms with Crippen LogP contribution in [0.1, 0.15) is 42.6 Å². The number of carbonyl (C=O) groups excluding carboxylic acids is 1. The first-order valence-electron chi connectivity index (χ1n) is 7.82. The van der Waals surface area contributed by atoms with E-state index in [1.165, 1.54) is 39.2 Å². The maximum absolute atomic E-state index is 11.6. The average Bonchev–Trinajstić information content (AvgIpc) is 3.38. The van der Waals surface area contributed by atoms with E-state index in [4.69, 9.17) is 4.74 Å². The average molecular weight is 289 g/mol. The Balaban J connectivity index is 1.75. The lowest BCUT2D eigenvalue weighted by atomic mass is 10.0. The van der Waals surface area contributed by atoms with Gasteiger partial charge in [-0.25, -0.2) is 9.78 Å². The number of hydrogen-bond donors (Lipinski definition) is 1. The first-order valence-corrected chi connectivity index (χ1v) is 7.82. The first-order chi connectivity index (χ1) is 10.3. The van der Waals surface area contributed by atoms with Crippen molar-refractivity contribution in [1.82, 2.24) is 10.3 Å². The highest BCUT2D eigenvalue weighted by Crippen LogP contribution is 2.32. The summed E-state index contributed by atoms with van der Waals surface area (Å²) in [4.78, 5) is 18.2. The lowest BCUT2D eigenvalue weighted by Gasteiger charge is -2.32. The monoisotopic (exact) mass is 289 g/mol. The Morgan fingerprint density at radius 3 is 2.95 bits per heavy atom. The number of pyridine rings is 1. The molecule has 0 radical (unpaired) electrons. The van der Waals surface area contributed by atoms with Crippen molar-refractivity contribution < 1.29 is 9.53 Å². The fourth-order valence-electron chi connectivity index (χ4n) is 2.98. The number of ether oxygens (including phenoxy) is 1. The van der Waals surface area contributed by atoms with E-state index >= 15 is 0 Å². The minimum absolute atomic E-state index is 0.372. The van der Waals surface area contributed by atoms with Crippen molar-refractivity contribution in [3.63, 3.8) is 0 Å². The van der Waals surface area contributed by atoms with Gasteiger partial charge in [0.05, 0.1) is 7.11 Å². The van der Waals surface area contributed by atoms with Crippen molar-refractivity contribution in [3.05, 3.63) is 24.0 Å². The predicted molar refractivity (Wildman–Crippen MR) is 81.6 cm³/mol. The van der Waals surface area contributed by atoms with Crippen LogP contribution in [0.5, 0.6) is 0 Å². The molecule has 1 aliphatic heterocycles. The molecule has 0 aromatic carbocycles. The molecule has 0 amide bonds. The maximum atomic E-state index is 11.6. The van der Waals surface area contributed by atoms with E-state index in [-0.39, 0.29) is 5.97 Å². The second kappa shape index (κ2) is 6.43. The molecule has 2 aliphatic rings. The number of anilines is 1. The zero-order valence-corrected chi connectivity index (χ0v) is 12.5. The highest BCUT2D eigenvalue weighted by molar-refractivity contribution is 5.88. The molecule has 0 bridgehead atoms. The maximum Gasteiger partial charge on any atom is 0.356 e. The topological polar surface area (TPSA) is 54.5 Å². The van der Waals surface area contributed by atoms with E-state index in [1.54, 1.807) is 6.20 Å². The number of carbonyl (C=O) groups is 1. The first kappa shape index (κ1) is 14.3. The van der Waals surface area contributed by atoms with Gasteiger partial charge in [-0.15, -0.1) is 0 Å². The van der Waals surface area contributed by atoms with Gasteiger partial charge < -0.3 is 15.0 Å². The summed E-state index contributed by atoms with van der Waals surface area (Å²) >= 11 is 0. The highest BCUT2D eigenvalue weighted by atomic mass is 16.5. The molecule has 5 nitrogen and oxygen atoms in total. The summed E-state index contributed by atoms with van der Waals surface area (Å²) in [5.74, 6) is -0.372. The van der Waals surface area contributed by atoms with Crippen LogP contribution in [0.4, 0.5) is 5.69 Å². The minimum atomic E-state index is -0.372. The van der Waals surface area contributed by atoms with E-state index in [2.05, 4.69) is 15.2 Å². The molecule has 1 atom stereocenters.